The van der Waals surface area contributed by atoms with Gasteiger partial charge in [-0.3, -0.25) is 0 Å². The van der Waals surface area contributed by atoms with E-state index < -0.39 is 15.2 Å². The van der Waals surface area contributed by atoms with Crippen molar-refractivity contribution in [2.75, 3.05) is 0 Å². The van der Waals surface area contributed by atoms with E-state index in [1.165, 1.54) is 0 Å². The van der Waals surface area contributed by atoms with E-state index in [0.717, 1.165) is 0 Å². The molecule has 0 N–H and O–H groups in total. The molecule has 51 valence electrons. The van der Waals surface area contributed by atoms with Crippen molar-refractivity contribution in [1.82, 2.24) is 0 Å². The van der Waals surface area contributed by atoms with Gasteiger partial charge in [0.2, 0.25) is 0 Å². The van der Waals surface area contributed by atoms with Gasteiger partial charge in [-0.15, -0.1) is 0 Å². The van der Waals surface area contributed by atoms with Crippen LogP contribution in [0, 0.1) is 0 Å². The van der Waals surface area contributed by atoms with Crippen LogP contribution in [0.15, 0.2) is 0 Å². The minimum atomic E-state index is -0.720. The quantitative estimate of drug-likeness (QED) is 0.507. The van der Waals surface area contributed by atoms with Gasteiger partial charge < -0.3 is 0 Å². The van der Waals surface area contributed by atoms with Crippen molar-refractivity contribution < 1.29 is 0 Å². The Morgan fingerprint density at radius 3 is 0.667 bits per heavy atom. The summed E-state index contributed by atoms with van der Waals surface area (Å²) in [6.07, 6.45) is 0. The summed E-state index contributed by atoms with van der Waals surface area (Å²) in [6, 6.07) is 0. The molecule has 0 aliphatic carbocycles. The Balaban J connectivity index is 0. The molecule has 0 bridgehead atoms. The van der Waals surface area contributed by atoms with Crippen LogP contribution in [0.4, 0.5) is 0 Å². The summed E-state index contributed by atoms with van der Waals surface area (Å²) in [7, 11) is -1.44. The Bertz CT molecular complexity index is 66.0. The van der Waals surface area contributed by atoms with Crippen LogP contribution in [0.1, 0.15) is 0 Å². The molecule has 0 amide bonds. The molecule has 0 aliphatic heterocycles. The Labute approximate surface area is 73.4 Å². The second kappa shape index (κ2) is 3.43. The molecule has 0 aromatic heterocycles. The van der Waals surface area contributed by atoms with Gasteiger partial charge in [0.25, 0.3) is 0 Å². The van der Waals surface area contributed by atoms with Gasteiger partial charge >= 0.3 is 0 Å². The Hall–Kier alpha value is 1.03. The third-order valence-electron chi connectivity index (χ3n) is 2.25. The maximum absolute atomic E-state index is 2.47. The van der Waals surface area contributed by atoms with Gasteiger partial charge in [0, 0.05) is 34.0 Å². The number of hydrogen-bond acceptors (Lipinski definition) is 0. The molecule has 0 aliphatic rings. The van der Waals surface area contributed by atoms with Crippen LogP contribution in [0.5, 0.6) is 0 Å². The zero-order valence-corrected chi connectivity index (χ0v) is 10.0. The summed E-state index contributed by atoms with van der Waals surface area (Å²) in [5.41, 5.74) is 0. The van der Waals surface area contributed by atoms with Crippen LogP contribution in [-0.2, 0) is 0 Å². The first-order valence-electron chi connectivity index (χ1n) is 3.25. The first-order valence-corrected chi connectivity index (χ1v) is 11.2. The van der Waals surface area contributed by atoms with Crippen molar-refractivity contribution in [3.05, 3.63) is 0 Å². The van der Waals surface area contributed by atoms with Crippen LogP contribution in [0.2, 0.25) is 39.3 Å². The average Bonchev–Trinajstić information content (AvgIpc) is 1.25. The molecule has 0 spiro atoms. The van der Waals surface area contributed by atoms with E-state index in [1.54, 1.807) is 0 Å². The van der Waals surface area contributed by atoms with E-state index in [1.807, 2.05) is 0 Å². The standard InChI is InChI=1S/C6H18Si2.Li/c1-7(2,3)8(4,5)6;/h1-6H3;. The summed E-state index contributed by atoms with van der Waals surface area (Å²) in [6.45, 7) is 14.8. The Morgan fingerprint density at radius 1 is 0.556 bits per heavy atom. The van der Waals surface area contributed by atoms with Crippen LogP contribution < -0.4 is 0 Å². The van der Waals surface area contributed by atoms with Crippen LogP contribution in [-0.4, -0.2) is 34.0 Å². The van der Waals surface area contributed by atoms with E-state index in [9.17, 15) is 0 Å². The molecular weight excluding hydrogens is 135 g/mol. The molecule has 9 heavy (non-hydrogen) atoms. The fourth-order valence-corrected chi connectivity index (χ4v) is 0. The number of hydrogen-bond donors (Lipinski definition) is 0. The molecule has 3 heteroatoms. The smallest absolute Gasteiger partial charge is 0.0379 e. The number of rotatable bonds is 1. The summed E-state index contributed by atoms with van der Waals surface area (Å²) in [5.74, 6) is 0. The molecule has 0 heterocycles. The SMILES string of the molecule is C[Si](C)(C)[Si](C)(C)C.[Li]. The summed E-state index contributed by atoms with van der Waals surface area (Å²) >= 11 is 0. The molecule has 0 saturated carbocycles. The maximum atomic E-state index is 2.47. The monoisotopic (exact) mass is 153 g/mol. The van der Waals surface area contributed by atoms with Gasteiger partial charge in [-0.25, -0.2) is 0 Å². The van der Waals surface area contributed by atoms with E-state index in [4.69, 9.17) is 0 Å². The van der Waals surface area contributed by atoms with Gasteiger partial charge in [0.05, 0.1) is 0 Å². The normalized spacial score (nSPS) is 12.7. The van der Waals surface area contributed by atoms with Crippen LogP contribution in [0.3, 0.4) is 0 Å². The summed E-state index contributed by atoms with van der Waals surface area (Å²) in [4.78, 5) is 0. The second-order valence-electron chi connectivity index (χ2n) is 4.50. The molecule has 0 nitrogen and oxygen atoms in total. The predicted octanol–water partition coefficient (Wildman–Crippen LogP) is 2.36. The van der Waals surface area contributed by atoms with Gasteiger partial charge in [-0.2, -0.15) is 0 Å². The fraction of sp³-hybridized carbons (Fsp3) is 1.00. The molecule has 0 fully saturated rings. The third kappa shape index (κ3) is 4.44. The van der Waals surface area contributed by atoms with Gasteiger partial charge in [0.1, 0.15) is 0 Å². The average molecular weight is 153 g/mol. The fourth-order valence-electron chi connectivity index (χ4n) is 0. The molecule has 1 radical (unpaired) electrons. The van der Waals surface area contributed by atoms with Crippen molar-refractivity contribution in [2.45, 2.75) is 39.3 Å². The first kappa shape index (κ1) is 12.7. The van der Waals surface area contributed by atoms with Crippen molar-refractivity contribution >= 4 is 34.0 Å². The molecule has 0 rings (SSSR count). The summed E-state index contributed by atoms with van der Waals surface area (Å²) < 4.78 is 0. The molecule has 0 aromatic rings. The Morgan fingerprint density at radius 2 is 0.667 bits per heavy atom. The topological polar surface area (TPSA) is 0 Å². The molecule has 0 atom stereocenters. The van der Waals surface area contributed by atoms with Crippen molar-refractivity contribution in [3.63, 3.8) is 0 Å². The first-order chi connectivity index (χ1) is 3.25. The van der Waals surface area contributed by atoms with Crippen molar-refractivity contribution in [1.29, 1.82) is 0 Å². The van der Waals surface area contributed by atoms with E-state index >= 15 is 0 Å². The van der Waals surface area contributed by atoms with Gasteiger partial charge in [0.15, 0.2) is 0 Å². The van der Waals surface area contributed by atoms with Gasteiger partial charge in [-0.05, 0) is 0 Å². The second-order valence-corrected chi connectivity index (χ2v) is 22.5. The predicted molar refractivity (Wildman–Crippen MR) is 52.4 cm³/mol. The van der Waals surface area contributed by atoms with Crippen molar-refractivity contribution in [2.24, 2.45) is 0 Å². The van der Waals surface area contributed by atoms with Crippen LogP contribution >= 0.6 is 0 Å². The van der Waals surface area contributed by atoms with E-state index in [0.29, 0.717) is 0 Å². The zero-order valence-electron chi connectivity index (χ0n) is 8.00. The summed E-state index contributed by atoms with van der Waals surface area (Å²) in [5, 5.41) is 0. The largest absolute Gasteiger partial charge is 0.0715 e. The van der Waals surface area contributed by atoms with Gasteiger partial charge in [-0.1, -0.05) is 39.3 Å². The van der Waals surface area contributed by atoms with Crippen LogP contribution in [0.25, 0.3) is 0 Å². The van der Waals surface area contributed by atoms with Crippen molar-refractivity contribution in [3.8, 4) is 0 Å². The molecule has 0 saturated heterocycles. The zero-order chi connectivity index (χ0) is 7.00. The minimum Gasteiger partial charge on any atom is -0.0715 e. The molecule has 0 unspecified atom stereocenters. The van der Waals surface area contributed by atoms with E-state index in [-0.39, 0.29) is 18.9 Å². The maximum Gasteiger partial charge on any atom is 0.0379 e. The van der Waals surface area contributed by atoms with E-state index in [2.05, 4.69) is 39.3 Å². The molecule has 0 aromatic carbocycles. The minimum absolute atomic E-state index is 0. The Kier molecular flexibility index (Phi) is 4.83. The molecular formula is C6H18LiSi2. The third-order valence-corrected chi connectivity index (χ3v) is 20.2.